The Hall–Kier alpha value is -1.98. The Morgan fingerprint density at radius 1 is 1.25 bits per heavy atom. The van der Waals surface area contributed by atoms with Crippen molar-refractivity contribution < 1.29 is 9.53 Å². The topological polar surface area (TPSA) is 63.2 Å². The van der Waals surface area contributed by atoms with E-state index in [0.717, 1.165) is 0 Å². The summed E-state index contributed by atoms with van der Waals surface area (Å²) in [6, 6.07) is 8.68. The first kappa shape index (κ1) is 14.4. The van der Waals surface area contributed by atoms with Crippen molar-refractivity contribution in [3.05, 3.63) is 46.6 Å². The van der Waals surface area contributed by atoms with Crippen LogP contribution in [0.15, 0.2) is 36.5 Å². The molecule has 5 nitrogen and oxygen atoms in total. The average Bonchev–Trinajstić information content (AvgIpc) is 2.46. The molecule has 0 aliphatic heterocycles. The van der Waals surface area contributed by atoms with Gasteiger partial charge in [0.1, 0.15) is 5.82 Å². The number of carbonyl (C=O) groups excluding carboxylic acids is 1. The van der Waals surface area contributed by atoms with E-state index in [0.29, 0.717) is 27.2 Å². The lowest BCUT2D eigenvalue weighted by molar-refractivity contribution is 0.187. The van der Waals surface area contributed by atoms with Gasteiger partial charge in [-0.1, -0.05) is 29.3 Å². The number of aromatic nitrogens is 1. The average molecular weight is 312 g/mol. The van der Waals surface area contributed by atoms with E-state index in [2.05, 4.69) is 20.4 Å². The van der Waals surface area contributed by atoms with E-state index in [1.54, 1.807) is 36.5 Å². The lowest BCUT2D eigenvalue weighted by Crippen LogP contribution is -2.11. The molecule has 2 aromatic rings. The van der Waals surface area contributed by atoms with Gasteiger partial charge in [-0.25, -0.2) is 9.78 Å². The van der Waals surface area contributed by atoms with E-state index in [1.165, 1.54) is 7.11 Å². The number of nitrogens with zero attached hydrogens (tertiary/aromatic N) is 1. The number of benzene rings is 1. The lowest BCUT2D eigenvalue weighted by Gasteiger charge is -2.09. The normalized spacial score (nSPS) is 9.95. The summed E-state index contributed by atoms with van der Waals surface area (Å²) in [5, 5.41) is 6.44. The van der Waals surface area contributed by atoms with Crippen LogP contribution in [0.5, 0.6) is 0 Å². The Morgan fingerprint density at radius 2 is 2.05 bits per heavy atom. The molecule has 7 heteroatoms. The highest BCUT2D eigenvalue weighted by Gasteiger charge is 2.05. The second-order valence-electron chi connectivity index (χ2n) is 3.78. The molecule has 2 rings (SSSR count). The van der Waals surface area contributed by atoms with Crippen molar-refractivity contribution in [3.63, 3.8) is 0 Å². The minimum atomic E-state index is -0.573. The summed E-state index contributed by atoms with van der Waals surface area (Å²) in [5.41, 5.74) is 1.39. The molecule has 0 fully saturated rings. The number of rotatable bonds is 3. The molecule has 0 aliphatic carbocycles. The maximum Gasteiger partial charge on any atom is 0.412 e. The molecule has 0 aliphatic rings. The highest BCUT2D eigenvalue weighted by Crippen LogP contribution is 2.31. The Bertz CT molecular complexity index is 618. The molecule has 1 heterocycles. The number of methoxy groups -OCH3 is 1. The number of halogens is 2. The van der Waals surface area contributed by atoms with Crippen LogP contribution in [-0.4, -0.2) is 18.2 Å². The number of carbonyl (C=O) groups is 1. The smallest absolute Gasteiger partial charge is 0.412 e. The quantitative estimate of drug-likeness (QED) is 0.886. The first-order valence-corrected chi connectivity index (χ1v) is 6.38. The summed E-state index contributed by atoms with van der Waals surface area (Å²) in [4.78, 5) is 15.1. The summed E-state index contributed by atoms with van der Waals surface area (Å²) >= 11 is 12.0. The Morgan fingerprint density at radius 3 is 2.70 bits per heavy atom. The Labute approximate surface area is 125 Å². The first-order chi connectivity index (χ1) is 9.60. The van der Waals surface area contributed by atoms with Gasteiger partial charge in [0.2, 0.25) is 0 Å². The van der Waals surface area contributed by atoms with Crippen LogP contribution in [0.2, 0.25) is 10.0 Å². The van der Waals surface area contributed by atoms with Crippen LogP contribution in [0.4, 0.5) is 22.0 Å². The van der Waals surface area contributed by atoms with Crippen LogP contribution in [0.3, 0.4) is 0 Å². The van der Waals surface area contributed by atoms with Crippen molar-refractivity contribution in [2.45, 2.75) is 0 Å². The van der Waals surface area contributed by atoms with Crippen LogP contribution in [0.25, 0.3) is 0 Å². The molecule has 2 N–H and O–H groups in total. The highest BCUT2D eigenvalue weighted by molar-refractivity contribution is 6.43. The minimum absolute atomic E-state index is 0.389. The second kappa shape index (κ2) is 6.45. The number of ether oxygens (including phenoxy) is 1. The van der Waals surface area contributed by atoms with E-state index in [4.69, 9.17) is 23.2 Å². The summed E-state index contributed by atoms with van der Waals surface area (Å²) in [7, 11) is 1.28. The molecule has 0 spiro atoms. The van der Waals surface area contributed by atoms with Crippen LogP contribution >= 0.6 is 23.2 Å². The predicted octanol–water partition coefficient (Wildman–Crippen LogP) is 4.31. The third-order valence-electron chi connectivity index (χ3n) is 2.41. The molecular formula is C13H11Cl2N3O2. The van der Waals surface area contributed by atoms with Crippen molar-refractivity contribution in [2.75, 3.05) is 17.7 Å². The molecule has 1 amide bonds. The SMILES string of the molecule is COC(=O)Nc1ccc(Nc2cccc(Cl)c2Cl)cn1. The maximum absolute atomic E-state index is 11.0. The minimum Gasteiger partial charge on any atom is -0.453 e. The fourth-order valence-electron chi connectivity index (χ4n) is 1.45. The van der Waals surface area contributed by atoms with Gasteiger partial charge in [-0.15, -0.1) is 0 Å². The van der Waals surface area contributed by atoms with E-state index < -0.39 is 6.09 Å². The van der Waals surface area contributed by atoms with Gasteiger partial charge in [-0.3, -0.25) is 5.32 Å². The molecule has 0 saturated carbocycles. The molecule has 104 valence electrons. The van der Waals surface area contributed by atoms with Gasteiger partial charge in [0.25, 0.3) is 0 Å². The predicted molar refractivity (Wildman–Crippen MR) is 80.0 cm³/mol. The number of hydrogen-bond donors (Lipinski definition) is 2. The van der Waals surface area contributed by atoms with Crippen LogP contribution in [0.1, 0.15) is 0 Å². The first-order valence-electron chi connectivity index (χ1n) is 5.62. The second-order valence-corrected chi connectivity index (χ2v) is 4.56. The molecule has 1 aromatic heterocycles. The number of anilines is 3. The lowest BCUT2D eigenvalue weighted by atomic mass is 10.3. The standard InChI is InChI=1S/C13H11Cl2N3O2/c1-20-13(19)18-11-6-5-8(7-16-11)17-10-4-2-3-9(14)12(10)15/h2-7,17H,1H3,(H,16,18,19). The molecule has 1 aromatic carbocycles. The third kappa shape index (κ3) is 3.53. The van der Waals surface area contributed by atoms with E-state index >= 15 is 0 Å². The van der Waals surface area contributed by atoms with Gasteiger partial charge in [0.05, 0.1) is 34.7 Å². The van der Waals surface area contributed by atoms with Gasteiger partial charge < -0.3 is 10.1 Å². The fourth-order valence-corrected chi connectivity index (χ4v) is 1.80. The number of nitrogens with one attached hydrogen (secondary N) is 2. The van der Waals surface area contributed by atoms with E-state index in [9.17, 15) is 4.79 Å². The molecule has 0 radical (unpaired) electrons. The largest absolute Gasteiger partial charge is 0.453 e. The molecule has 0 unspecified atom stereocenters. The zero-order valence-corrected chi connectivity index (χ0v) is 12.0. The van der Waals surface area contributed by atoms with Gasteiger partial charge in [0.15, 0.2) is 0 Å². The van der Waals surface area contributed by atoms with Crippen molar-refractivity contribution >= 4 is 46.5 Å². The summed E-state index contributed by atoms with van der Waals surface area (Å²) in [6.07, 6.45) is 0.985. The zero-order chi connectivity index (χ0) is 14.5. The van der Waals surface area contributed by atoms with Crippen LogP contribution in [0, 0.1) is 0 Å². The van der Waals surface area contributed by atoms with E-state index in [-0.39, 0.29) is 0 Å². The zero-order valence-electron chi connectivity index (χ0n) is 10.5. The van der Waals surface area contributed by atoms with Gasteiger partial charge in [-0.05, 0) is 24.3 Å². The van der Waals surface area contributed by atoms with Crippen LogP contribution < -0.4 is 10.6 Å². The highest BCUT2D eigenvalue weighted by atomic mass is 35.5. The maximum atomic E-state index is 11.0. The number of pyridine rings is 1. The molecule has 0 atom stereocenters. The third-order valence-corrected chi connectivity index (χ3v) is 3.23. The van der Waals surface area contributed by atoms with Crippen molar-refractivity contribution in [1.29, 1.82) is 0 Å². The Balaban J connectivity index is 2.11. The van der Waals surface area contributed by atoms with Gasteiger partial charge >= 0.3 is 6.09 Å². The summed E-state index contributed by atoms with van der Waals surface area (Å²) in [6.45, 7) is 0. The molecule has 20 heavy (non-hydrogen) atoms. The van der Waals surface area contributed by atoms with Crippen molar-refractivity contribution in [2.24, 2.45) is 0 Å². The summed E-state index contributed by atoms with van der Waals surface area (Å²) in [5.74, 6) is 0.389. The van der Waals surface area contributed by atoms with E-state index in [1.807, 2.05) is 0 Å². The fraction of sp³-hybridized carbons (Fsp3) is 0.0769. The van der Waals surface area contributed by atoms with Gasteiger partial charge in [0, 0.05) is 0 Å². The molecule has 0 saturated heterocycles. The van der Waals surface area contributed by atoms with Crippen LogP contribution in [-0.2, 0) is 4.74 Å². The van der Waals surface area contributed by atoms with Crippen molar-refractivity contribution in [1.82, 2.24) is 4.98 Å². The molecule has 0 bridgehead atoms. The van der Waals surface area contributed by atoms with Gasteiger partial charge in [-0.2, -0.15) is 0 Å². The Kier molecular flexibility index (Phi) is 4.65. The van der Waals surface area contributed by atoms with Crippen molar-refractivity contribution in [3.8, 4) is 0 Å². The monoisotopic (exact) mass is 311 g/mol. The number of hydrogen-bond acceptors (Lipinski definition) is 4. The molecular weight excluding hydrogens is 301 g/mol. The number of amides is 1. The summed E-state index contributed by atoms with van der Waals surface area (Å²) < 4.78 is 4.47.